The predicted octanol–water partition coefficient (Wildman–Crippen LogP) is 5.10. The summed E-state index contributed by atoms with van der Waals surface area (Å²) in [6, 6.07) is 10.7. The van der Waals surface area contributed by atoms with Crippen molar-refractivity contribution < 1.29 is 0 Å². The van der Waals surface area contributed by atoms with Crippen LogP contribution < -0.4 is 5.56 Å². The van der Waals surface area contributed by atoms with Crippen molar-refractivity contribution in [1.82, 2.24) is 19.1 Å². The van der Waals surface area contributed by atoms with Crippen LogP contribution in [-0.4, -0.2) is 19.1 Å². The van der Waals surface area contributed by atoms with E-state index in [4.69, 9.17) is 4.98 Å². The molecule has 1 spiro atoms. The number of nitrogens with zero attached hydrogens (tertiary/aromatic N) is 3. The molecule has 162 valence electrons. The summed E-state index contributed by atoms with van der Waals surface area (Å²) in [5.41, 5.74) is 5.80. The number of aryl methyl sites for hydroxylation is 2. The fraction of sp³-hybridized carbons (Fsp3) is 0.407. The summed E-state index contributed by atoms with van der Waals surface area (Å²) in [5.74, 6) is 1.74. The van der Waals surface area contributed by atoms with Gasteiger partial charge in [-0.2, -0.15) is 0 Å². The molecule has 0 saturated heterocycles. The van der Waals surface area contributed by atoms with Gasteiger partial charge in [0.25, 0.3) is 5.56 Å². The molecule has 3 aliphatic rings. The third-order valence-corrected chi connectivity index (χ3v) is 8.19. The van der Waals surface area contributed by atoms with E-state index in [1.54, 1.807) is 0 Å². The normalized spacial score (nSPS) is 20.6. The maximum absolute atomic E-state index is 13.4. The van der Waals surface area contributed by atoms with E-state index in [0.717, 1.165) is 41.0 Å². The van der Waals surface area contributed by atoms with E-state index in [2.05, 4.69) is 60.2 Å². The minimum absolute atomic E-state index is 0.0284. The molecule has 5 heteroatoms. The summed E-state index contributed by atoms with van der Waals surface area (Å²) < 4.78 is 4.07. The average molecular weight is 425 g/mol. The van der Waals surface area contributed by atoms with Crippen LogP contribution in [0.1, 0.15) is 67.1 Å². The van der Waals surface area contributed by atoms with Crippen molar-refractivity contribution in [3.05, 3.63) is 81.9 Å². The molecule has 4 aromatic rings. The van der Waals surface area contributed by atoms with Crippen LogP contribution in [0.25, 0.3) is 16.6 Å². The van der Waals surface area contributed by atoms with Crippen LogP contribution in [0.3, 0.4) is 0 Å². The molecule has 0 unspecified atom stereocenters. The maximum Gasteiger partial charge on any atom is 0.279 e. The van der Waals surface area contributed by atoms with Crippen LogP contribution in [0.5, 0.6) is 0 Å². The SMILES string of the molecule is Cc1cn(C)c(C2(c3cccc(-n4cc(C5CC5)c5cc[nH]c5c4=O)c3)CC3(CC3)C2)n1. The number of hydrogen-bond acceptors (Lipinski definition) is 2. The Morgan fingerprint density at radius 1 is 1.12 bits per heavy atom. The van der Waals surface area contributed by atoms with Crippen molar-refractivity contribution >= 4 is 10.9 Å². The van der Waals surface area contributed by atoms with Crippen LogP contribution in [0.4, 0.5) is 0 Å². The van der Waals surface area contributed by atoms with Crippen molar-refractivity contribution in [3.63, 3.8) is 0 Å². The second-order valence-corrected chi connectivity index (χ2v) is 10.6. The summed E-state index contributed by atoms with van der Waals surface area (Å²) in [4.78, 5) is 21.5. The molecule has 0 radical (unpaired) electrons. The molecule has 0 amide bonds. The van der Waals surface area contributed by atoms with Crippen molar-refractivity contribution in [3.8, 4) is 5.69 Å². The van der Waals surface area contributed by atoms with Gasteiger partial charge in [0, 0.05) is 36.7 Å². The van der Waals surface area contributed by atoms with Gasteiger partial charge in [-0.15, -0.1) is 0 Å². The molecule has 3 fully saturated rings. The first kappa shape index (κ1) is 18.5. The molecule has 0 bridgehead atoms. The highest BCUT2D eigenvalue weighted by molar-refractivity contribution is 5.83. The second kappa shape index (κ2) is 6.03. The van der Waals surface area contributed by atoms with Crippen LogP contribution in [-0.2, 0) is 12.5 Å². The summed E-state index contributed by atoms with van der Waals surface area (Å²) >= 11 is 0. The Bertz CT molecular complexity index is 1440. The van der Waals surface area contributed by atoms with Gasteiger partial charge in [-0.1, -0.05) is 12.1 Å². The lowest BCUT2D eigenvalue weighted by Crippen LogP contribution is -2.45. The van der Waals surface area contributed by atoms with E-state index in [1.807, 2.05) is 16.8 Å². The van der Waals surface area contributed by atoms with Crippen LogP contribution in [0.2, 0.25) is 0 Å². The molecular formula is C27H28N4O. The molecule has 0 atom stereocenters. The molecule has 0 aliphatic heterocycles. The highest BCUT2D eigenvalue weighted by Crippen LogP contribution is 2.70. The summed E-state index contributed by atoms with van der Waals surface area (Å²) in [5, 5.41) is 1.08. The molecule has 7 rings (SSSR count). The number of H-pyrrole nitrogens is 1. The first-order valence-corrected chi connectivity index (χ1v) is 11.8. The van der Waals surface area contributed by atoms with Gasteiger partial charge < -0.3 is 9.55 Å². The minimum atomic E-state index is -0.0605. The Labute approximate surface area is 187 Å². The van der Waals surface area contributed by atoms with Crippen LogP contribution >= 0.6 is 0 Å². The standard InChI is InChI=1S/C27H28N4O/c1-17-13-30(2)25(29-17)27(15-26(16-27)9-10-26)19-4-3-5-20(12-19)31-14-22(18-6-7-18)21-8-11-28-23(21)24(31)32/h3-5,8,11-14,18,28H,6-7,9-10,15-16H2,1-2H3. The lowest BCUT2D eigenvalue weighted by molar-refractivity contribution is 0.145. The topological polar surface area (TPSA) is 55.6 Å². The van der Waals surface area contributed by atoms with E-state index in [9.17, 15) is 4.79 Å². The Hall–Kier alpha value is -3.08. The number of benzene rings is 1. The Balaban J connectivity index is 1.39. The van der Waals surface area contributed by atoms with E-state index < -0.39 is 0 Å². The smallest absolute Gasteiger partial charge is 0.279 e. The largest absolute Gasteiger partial charge is 0.357 e. The van der Waals surface area contributed by atoms with Gasteiger partial charge in [-0.05, 0) is 86.1 Å². The molecular weight excluding hydrogens is 396 g/mol. The van der Waals surface area contributed by atoms with Gasteiger partial charge in [0.05, 0.1) is 11.1 Å². The molecule has 32 heavy (non-hydrogen) atoms. The van der Waals surface area contributed by atoms with Gasteiger partial charge >= 0.3 is 0 Å². The second-order valence-electron chi connectivity index (χ2n) is 10.6. The number of hydrogen-bond donors (Lipinski definition) is 1. The van der Waals surface area contributed by atoms with Gasteiger partial charge in [0.2, 0.25) is 0 Å². The first-order chi connectivity index (χ1) is 15.5. The van der Waals surface area contributed by atoms with Crippen molar-refractivity contribution in [2.75, 3.05) is 0 Å². The summed E-state index contributed by atoms with van der Waals surface area (Å²) in [6.45, 7) is 2.07. The van der Waals surface area contributed by atoms with Crippen molar-refractivity contribution in [1.29, 1.82) is 0 Å². The van der Waals surface area contributed by atoms with Crippen LogP contribution in [0.15, 0.2) is 53.7 Å². The van der Waals surface area contributed by atoms with E-state index >= 15 is 0 Å². The number of aromatic nitrogens is 4. The highest BCUT2D eigenvalue weighted by Gasteiger charge is 2.63. The molecule has 3 heterocycles. The Morgan fingerprint density at radius 2 is 1.94 bits per heavy atom. The summed E-state index contributed by atoms with van der Waals surface area (Å²) in [6.07, 6.45) is 13.5. The van der Waals surface area contributed by atoms with Gasteiger partial charge in [0.15, 0.2) is 0 Å². The highest BCUT2D eigenvalue weighted by atomic mass is 16.1. The Kier molecular flexibility index (Phi) is 3.48. The average Bonchev–Trinajstić information content (AvgIpc) is 3.67. The molecule has 3 saturated carbocycles. The lowest BCUT2D eigenvalue weighted by atomic mass is 9.56. The number of imidazole rings is 1. The number of nitrogens with one attached hydrogen (secondary N) is 1. The number of rotatable bonds is 4. The lowest BCUT2D eigenvalue weighted by Gasteiger charge is -2.48. The van der Waals surface area contributed by atoms with Gasteiger partial charge in [-0.25, -0.2) is 4.98 Å². The monoisotopic (exact) mass is 424 g/mol. The molecule has 3 aliphatic carbocycles. The number of pyridine rings is 1. The van der Waals surface area contributed by atoms with E-state index in [1.165, 1.54) is 36.8 Å². The zero-order chi connectivity index (χ0) is 21.7. The van der Waals surface area contributed by atoms with Crippen molar-refractivity contribution in [2.45, 2.75) is 56.8 Å². The van der Waals surface area contributed by atoms with E-state index in [-0.39, 0.29) is 11.0 Å². The fourth-order valence-electron chi connectivity index (χ4n) is 6.35. The van der Waals surface area contributed by atoms with Crippen molar-refractivity contribution in [2.24, 2.45) is 12.5 Å². The van der Waals surface area contributed by atoms with Crippen LogP contribution in [0, 0.1) is 12.3 Å². The third kappa shape index (κ3) is 2.51. The van der Waals surface area contributed by atoms with E-state index in [0.29, 0.717) is 11.3 Å². The Morgan fingerprint density at radius 3 is 2.62 bits per heavy atom. The minimum Gasteiger partial charge on any atom is -0.357 e. The van der Waals surface area contributed by atoms with Gasteiger partial charge in [-0.3, -0.25) is 9.36 Å². The summed E-state index contributed by atoms with van der Waals surface area (Å²) in [7, 11) is 2.12. The fourth-order valence-corrected chi connectivity index (χ4v) is 6.35. The van der Waals surface area contributed by atoms with Gasteiger partial charge in [0.1, 0.15) is 11.3 Å². The molecule has 1 aromatic carbocycles. The zero-order valence-corrected chi connectivity index (χ0v) is 18.7. The third-order valence-electron chi connectivity index (χ3n) is 8.19. The maximum atomic E-state index is 13.4. The quantitative estimate of drug-likeness (QED) is 0.496. The number of fused-ring (bicyclic) bond motifs is 1. The molecule has 1 N–H and O–H groups in total. The zero-order valence-electron chi connectivity index (χ0n) is 18.7. The predicted molar refractivity (Wildman–Crippen MR) is 125 cm³/mol. The molecule has 5 nitrogen and oxygen atoms in total. The number of aromatic amines is 1. The molecule has 3 aromatic heterocycles. The first-order valence-electron chi connectivity index (χ1n) is 11.8.